The Balaban J connectivity index is 1.70. The van der Waals surface area contributed by atoms with Crippen LogP contribution in [0.15, 0.2) is 11.6 Å². The summed E-state index contributed by atoms with van der Waals surface area (Å²) in [5.41, 5.74) is 2.19. The molecule has 0 bridgehead atoms. The Morgan fingerprint density at radius 3 is 2.64 bits per heavy atom. The van der Waals surface area contributed by atoms with Crippen molar-refractivity contribution >= 4 is 0 Å². The van der Waals surface area contributed by atoms with E-state index in [1.54, 1.807) is 12.7 Å². The van der Waals surface area contributed by atoms with Crippen LogP contribution in [-0.2, 0) is 4.74 Å². The van der Waals surface area contributed by atoms with Crippen molar-refractivity contribution in [3.05, 3.63) is 11.6 Å². The molecule has 0 radical (unpaired) electrons. The quantitative estimate of drug-likeness (QED) is 0.524. The van der Waals surface area contributed by atoms with E-state index in [2.05, 4.69) is 26.8 Å². The zero-order valence-electron chi connectivity index (χ0n) is 16.8. The zero-order chi connectivity index (χ0) is 17.8. The zero-order valence-corrected chi connectivity index (χ0v) is 16.8. The molecule has 25 heavy (non-hydrogen) atoms. The summed E-state index contributed by atoms with van der Waals surface area (Å²) in [6.07, 6.45) is 13.6. The molecule has 0 spiro atoms. The predicted molar refractivity (Wildman–Crippen MR) is 102 cm³/mol. The Bertz CT molecular complexity index is 540. The van der Waals surface area contributed by atoms with Crippen molar-refractivity contribution in [3.8, 4) is 0 Å². The van der Waals surface area contributed by atoms with Gasteiger partial charge < -0.3 is 9.84 Å². The molecule has 8 atom stereocenters. The Labute approximate surface area is 154 Å². The van der Waals surface area contributed by atoms with Gasteiger partial charge in [0.2, 0.25) is 0 Å². The molecular formula is C23H38O2. The lowest BCUT2D eigenvalue weighted by atomic mass is 9.43. The van der Waals surface area contributed by atoms with E-state index in [9.17, 15) is 5.11 Å². The number of aliphatic hydroxyl groups excluding tert-OH is 1. The molecule has 4 saturated carbocycles. The molecule has 1 N–H and O–H groups in total. The molecule has 4 aliphatic rings. The molecule has 0 aromatic carbocycles. The monoisotopic (exact) mass is 346 g/mol. The third kappa shape index (κ3) is 2.42. The highest BCUT2D eigenvalue weighted by molar-refractivity contribution is 5.24. The second-order valence-electron chi connectivity index (χ2n) is 10.0. The molecule has 0 aromatic rings. The predicted octanol–water partition coefficient (Wildman–Crippen LogP) is 5.56. The summed E-state index contributed by atoms with van der Waals surface area (Å²) in [7, 11) is 1.72. The van der Waals surface area contributed by atoms with Crippen LogP contribution < -0.4 is 0 Å². The Kier molecular flexibility index (Phi) is 4.60. The molecule has 4 rings (SSSR count). The van der Waals surface area contributed by atoms with Crippen LogP contribution in [-0.4, -0.2) is 18.5 Å². The van der Waals surface area contributed by atoms with Gasteiger partial charge in [-0.1, -0.05) is 25.5 Å². The molecule has 4 fully saturated rings. The second kappa shape index (κ2) is 6.37. The van der Waals surface area contributed by atoms with Gasteiger partial charge in [-0.3, -0.25) is 0 Å². The van der Waals surface area contributed by atoms with Crippen LogP contribution in [0.25, 0.3) is 0 Å². The topological polar surface area (TPSA) is 29.5 Å². The van der Waals surface area contributed by atoms with E-state index in [0.29, 0.717) is 17.3 Å². The molecule has 2 nitrogen and oxygen atoms in total. The molecule has 0 aliphatic heterocycles. The summed E-state index contributed by atoms with van der Waals surface area (Å²) in [4.78, 5) is 0. The fourth-order valence-corrected chi connectivity index (χ4v) is 8.20. The number of ether oxygens (including phenoxy) is 1. The van der Waals surface area contributed by atoms with Crippen molar-refractivity contribution in [2.24, 2.45) is 40.4 Å². The van der Waals surface area contributed by atoms with E-state index in [-0.39, 0.29) is 5.41 Å². The van der Waals surface area contributed by atoms with E-state index in [0.717, 1.165) is 17.8 Å². The van der Waals surface area contributed by atoms with Crippen molar-refractivity contribution < 1.29 is 9.84 Å². The normalized spacial score (nSPS) is 52.4. The number of fused-ring (bicyclic) bond motifs is 5. The lowest BCUT2D eigenvalue weighted by Gasteiger charge is -2.62. The standard InChI is InChI=1S/C23H38O2/c1-5-16-7-9-19-18-8-6-17-14-15(2)10-13-23(17,21(24)25-4)20(18)11-12-22(16,19)3/h5,15,17-21,24H,6-14H2,1-4H3/b16-5-. The fraction of sp³-hybridized carbons (Fsp3) is 0.913. The van der Waals surface area contributed by atoms with Gasteiger partial charge in [0.1, 0.15) is 0 Å². The number of methoxy groups -OCH3 is 1. The molecular weight excluding hydrogens is 308 g/mol. The average Bonchev–Trinajstić information content (AvgIpc) is 2.96. The first-order valence-corrected chi connectivity index (χ1v) is 10.8. The summed E-state index contributed by atoms with van der Waals surface area (Å²) in [5, 5.41) is 11.1. The maximum absolute atomic E-state index is 11.1. The van der Waals surface area contributed by atoms with Crippen LogP contribution in [0.1, 0.15) is 78.6 Å². The van der Waals surface area contributed by atoms with Crippen molar-refractivity contribution in [2.45, 2.75) is 84.8 Å². The highest BCUT2D eigenvalue weighted by Crippen LogP contribution is 2.68. The SMILES string of the molecule is C/C=C1/CCC2C3CCC4CC(C)CCC4(C(O)OC)C3CCC12C. The summed E-state index contributed by atoms with van der Waals surface area (Å²) >= 11 is 0. The number of rotatable bonds is 2. The summed E-state index contributed by atoms with van der Waals surface area (Å²) in [6.45, 7) is 7.19. The smallest absolute Gasteiger partial charge is 0.160 e. The van der Waals surface area contributed by atoms with Gasteiger partial charge in [-0.05, 0) is 99.7 Å². The van der Waals surface area contributed by atoms with Gasteiger partial charge >= 0.3 is 0 Å². The van der Waals surface area contributed by atoms with Crippen LogP contribution in [0.4, 0.5) is 0 Å². The van der Waals surface area contributed by atoms with Crippen LogP contribution in [0, 0.1) is 40.4 Å². The van der Waals surface area contributed by atoms with Gasteiger partial charge in [0.25, 0.3) is 0 Å². The molecule has 0 amide bonds. The highest BCUT2D eigenvalue weighted by Gasteiger charge is 2.62. The minimum Gasteiger partial charge on any atom is -0.367 e. The number of hydrogen-bond donors (Lipinski definition) is 1. The van der Waals surface area contributed by atoms with E-state index < -0.39 is 6.29 Å². The van der Waals surface area contributed by atoms with E-state index in [1.807, 2.05) is 0 Å². The Morgan fingerprint density at radius 1 is 1.12 bits per heavy atom. The van der Waals surface area contributed by atoms with Gasteiger partial charge in [-0.15, -0.1) is 0 Å². The van der Waals surface area contributed by atoms with Gasteiger partial charge in [0.05, 0.1) is 0 Å². The molecule has 142 valence electrons. The Morgan fingerprint density at radius 2 is 1.92 bits per heavy atom. The van der Waals surface area contributed by atoms with Gasteiger partial charge in [-0.25, -0.2) is 0 Å². The van der Waals surface area contributed by atoms with Crippen LogP contribution >= 0.6 is 0 Å². The van der Waals surface area contributed by atoms with Crippen LogP contribution in [0.3, 0.4) is 0 Å². The lowest BCUT2D eigenvalue weighted by molar-refractivity contribution is -0.249. The summed E-state index contributed by atoms with van der Waals surface area (Å²) in [5.74, 6) is 3.78. The molecule has 4 aliphatic carbocycles. The second-order valence-corrected chi connectivity index (χ2v) is 10.0. The maximum Gasteiger partial charge on any atom is 0.160 e. The van der Waals surface area contributed by atoms with Crippen LogP contribution in [0.2, 0.25) is 0 Å². The first kappa shape index (κ1) is 18.0. The molecule has 2 heteroatoms. The lowest BCUT2D eigenvalue weighted by Crippen LogP contribution is -2.59. The van der Waals surface area contributed by atoms with Gasteiger partial charge in [0, 0.05) is 12.5 Å². The van der Waals surface area contributed by atoms with Crippen molar-refractivity contribution in [1.82, 2.24) is 0 Å². The number of hydrogen-bond acceptors (Lipinski definition) is 2. The highest BCUT2D eigenvalue weighted by atomic mass is 16.6. The van der Waals surface area contributed by atoms with E-state index in [4.69, 9.17) is 4.74 Å². The molecule has 0 saturated heterocycles. The minimum absolute atomic E-state index is 0.0319. The van der Waals surface area contributed by atoms with Crippen LogP contribution in [0.5, 0.6) is 0 Å². The van der Waals surface area contributed by atoms with Crippen molar-refractivity contribution in [3.63, 3.8) is 0 Å². The fourth-order valence-electron chi connectivity index (χ4n) is 8.20. The third-order valence-electron chi connectivity index (χ3n) is 9.37. The number of aliphatic hydroxyl groups is 1. The van der Waals surface area contributed by atoms with E-state index in [1.165, 1.54) is 57.8 Å². The maximum atomic E-state index is 11.1. The minimum atomic E-state index is -0.565. The first-order chi connectivity index (χ1) is 12.0. The van der Waals surface area contributed by atoms with E-state index >= 15 is 0 Å². The van der Waals surface area contributed by atoms with Gasteiger partial charge in [-0.2, -0.15) is 0 Å². The van der Waals surface area contributed by atoms with Crippen molar-refractivity contribution in [2.75, 3.05) is 7.11 Å². The number of allylic oxidation sites excluding steroid dienone is 2. The van der Waals surface area contributed by atoms with Gasteiger partial charge in [0.15, 0.2) is 6.29 Å². The molecule has 0 heterocycles. The molecule has 0 aromatic heterocycles. The Hall–Kier alpha value is -0.340. The summed E-state index contributed by atoms with van der Waals surface area (Å²) < 4.78 is 5.66. The molecule has 8 unspecified atom stereocenters. The first-order valence-electron chi connectivity index (χ1n) is 10.8. The average molecular weight is 347 g/mol. The van der Waals surface area contributed by atoms with Crippen molar-refractivity contribution in [1.29, 1.82) is 0 Å². The largest absolute Gasteiger partial charge is 0.367 e. The third-order valence-corrected chi connectivity index (χ3v) is 9.37. The summed E-state index contributed by atoms with van der Waals surface area (Å²) in [6, 6.07) is 0.